The average Bonchev–Trinajstić information content (AvgIpc) is 2.56. The van der Waals surface area contributed by atoms with Gasteiger partial charge in [0.2, 0.25) is 15.9 Å². The van der Waals surface area contributed by atoms with E-state index in [0.29, 0.717) is 17.1 Å². The van der Waals surface area contributed by atoms with Crippen LogP contribution in [0.25, 0.3) is 0 Å². The van der Waals surface area contributed by atoms with Crippen LogP contribution in [0.2, 0.25) is 5.02 Å². The molecule has 0 aromatic heterocycles. The number of sulfonamides is 1. The van der Waals surface area contributed by atoms with Crippen molar-refractivity contribution in [1.82, 2.24) is 4.31 Å². The minimum atomic E-state index is -3.58. The third-order valence-corrected chi connectivity index (χ3v) is 5.58. The van der Waals surface area contributed by atoms with Gasteiger partial charge in [0, 0.05) is 23.8 Å². The van der Waals surface area contributed by atoms with Crippen LogP contribution in [0, 0.1) is 6.92 Å². The molecule has 2 aromatic carbocycles. The van der Waals surface area contributed by atoms with Crippen LogP contribution in [0.5, 0.6) is 0 Å². The summed E-state index contributed by atoms with van der Waals surface area (Å²) in [5, 5.41) is 0.472. The Morgan fingerprint density at radius 1 is 1.12 bits per heavy atom. The SMILES string of the molecule is CCN(C(=O)CN(Cc1ccccc1Cl)S(C)(=O)=O)c1cccc(C)c1. The quantitative estimate of drug-likeness (QED) is 0.722. The summed E-state index contributed by atoms with van der Waals surface area (Å²) in [6.45, 7) is 4.06. The Kier molecular flexibility index (Phi) is 6.81. The second-order valence-electron chi connectivity index (χ2n) is 6.10. The fourth-order valence-corrected chi connectivity index (χ4v) is 3.56. The molecule has 2 rings (SSSR count). The molecule has 2 aromatic rings. The molecule has 0 radical (unpaired) electrons. The molecule has 7 heteroatoms. The van der Waals surface area contributed by atoms with E-state index in [1.54, 1.807) is 29.2 Å². The third-order valence-electron chi connectivity index (χ3n) is 4.02. The van der Waals surface area contributed by atoms with E-state index < -0.39 is 10.0 Å². The summed E-state index contributed by atoms with van der Waals surface area (Å²) in [5.41, 5.74) is 2.44. The summed E-state index contributed by atoms with van der Waals surface area (Å²) >= 11 is 6.14. The van der Waals surface area contributed by atoms with Gasteiger partial charge in [-0.05, 0) is 43.2 Å². The Balaban J connectivity index is 2.24. The lowest BCUT2D eigenvalue weighted by Gasteiger charge is -2.26. The Hall–Kier alpha value is -1.89. The van der Waals surface area contributed by atoms with Crippen LogP contribution in [0.15, 0.2) is 48.5 Å². The topological polar surface area (TPSA) is 57.7 Å². The van der Waals surface area contributed by atoms with Crippen molar-refractivity contribution >= 4 is 33.2 Å². The van der Waals surface area contributed by atoms with Gasteiger partial charge in [0.1, 0.15) is 0 Å². The number of hydrogen-bond acceptors (Lipinski definition) is 3. The van der Waals surface area contributed by atoms with E-state index in [-0.39, 0.29) is 19.0 Å². The highest BCUT2D eigenvalue weighted by atomic mass is 35.5. The molecule has 0 bridgehead atoms. The lowest BCUT2D eigenvalue weighted by molar-refractivity contribution is -0.118. The second kappa shape index (κ2) is 8.66. The summed E-state index contributed by atoms with van der Waals surface area (Å²) in [4.78, 5) is 14.4. The number of anilines is 1. The number of halogens is 1. The van der Waals surface area contributed by atoms with E-state index in [0.717, 1.165) is 21.8 Å². The zero-order valence-corrected chi connectivity index (χ0v) is 16.7. The summed E-state index contributed by atoms with van der Waals surface area (Å²) in [6.07, 6.45) is 1.10. The number of carbonyl (C=O) groups is 1. The molecule has 0 saturated carbocycles. The summed E-state index contributed by atoms with van der Waals surface area (Å²) < 4.78 is 25.5. The van der Waals surface area contributed by atoms with Crippen molar-refractivity contribution in [2.75, 3.05) is 24.2 Å². The highest BCUT2D eigenvalue weighted by molar-refractivity contribution is 7.88. The monoisotopic (exact) mass is 394 g/mol. The van der Waals surface area contributed by atoms with Crippen LogP contribution in [0.4, 0.5) is 5.69 Å². The van der Waals surface area contributed by atoms with Crippen molar-refractivity contribution in [3.8, 4) is 0 Å². The number of hydrogen-bond donors (Lipinski definition) is 0. The van der Waals surface area contributed by atoms with Crippen molar-refractivity contribution in [3.63, 3.8) is 0 Å². The molecule has 0 N–H and O–H groups in total. The van der Waals surface area contributed by atoms with E-state index in [9.17, 15) is 13.2 Å². The van der Waals surface area contributed by atoms with Gasteiger partial charge in [-0.3, -0.25) is 4.79 Å². The lowest BCUT2D eigenvalue weighted by atomic mass is 10.2. The highest BCUT2D eigenvalue weighted by Crippen LogP contribution is 2.20. The molecule has 26 heavy (non-hydrogen) atoms. The van der Waals surface area contributed by atoms with Crippen molar-refractivity contribution in [2.24, 2.45) is 0 Å². The predicted molar refractivity (Wildman–Crippen MR) is 106 cm³/mol. The van der Waals surface area contributed by atoms with Gasteiger partial charge >= 0.3 is 0 Å². The third kappa shape index (κ3) is 5.30. The first kappa shape index (κ1) is 20.4. The Morgan fingerprint density at radius 2 is 1.81 bits per heavy atom. The van der Waals surface area contributed by atoms with E-state index in [4.69, 9.17) is 11.6 Å². The Bertz CT molecular complexity index is 884. The zero-order chi connectivity index (χ0) is 19.3. The van der Waals surface area contributed by atoms with Gasteiger partial charge in [0.15, 0.2) is 0 Å². The minimum absolute atomic E-state index is 0.0512. The number of nitrogens with zero attached hydrogens (tertiary/aromatic N) is 2. The van der Waals surface area contributed by atoms with Gasteiger partial charge in [-0.1, -0.05) is 41.9 Å². The lowest BCUT2D eigenvalue weighted by Crippen LogP contribution is -2.42. The largest absolute Gasteiger partial charge is 0.312 e. The smallest absolute Gasteiger partial charge is 0.242 e. The predicted octanol–water partition coefficient (Wildman–Crippen LogP) is 3.46. The molecule has 0 spiro atoms. The molecular formula is C19H23ClN2O3S. The maximum absolute atomic E-state index is 12.8. The highest BCUT2D eigenvalue weighted by Gasteiger charge is 2.24. The molecule has 0 aliphatic heterocycles. The number of benzene rings is 2. The first-order valence-corrected chi connectivity index (χ1v) is 10.5. The van der Waals surface area contributed by atoms with Crippen molar-refractivity contribution in [2.45, 2.75) is 20.4 Å². The molecule has 140 valence electrons. The first-order valence-electron chi connectivity index (χ1n) is 8.28. The minimum Gasteiger partial charge on any atom is -0.312 e. The Labute approximate surface area is 160 Å². The van der Waals surface area contributed by atoms with Crippen LogP contribution in [-0.2, 0) is 21.4 Å². The maximum atomic E-state index is 12.8. The van der Waals surface area contributed by atoms with Crippen LogP contribution in [0.1, 0.15) is 18.1 Å². The fraction of sp³-hybridized carbons (Fsp3) is 0.316. The average molecular weight is 395 g/mol. The molecule has 0 saturated heterocycles. The fourth-order valence-electron chi connectivity index (χ4n) is 2.64. The van der Waals surface area contributed by atoms with Crippen LogP contribution >= 0.6 is 11.6 Å². The zero-order valence-electron chi connectivity index (χ0n) is 15.1. The number of amides is 1. The van der Waals surface area contributed by atoms with Crippen molar-refractivity contribution in [3.05, 3.63) is 64.7 Å². The van der Waals surface area contributed by atoms with E-state index >= 15 is 0 Å². The maximum Gasteiger partial charge on any atom is 0.242 e. The summed E-state index contributed by atoms with van der Waals surface area (Å²) in [5.74, 6) is -0.282. The molecule has 1 amide bonds. The van der Waals surface area contributed by atoms with Crippen LogP contribution in [-0.4, -0.2) is 38.0 Å². The van der Waals surface area contributed by atoms with Crippen LogP contribution in [0.3, 0.4) is 0 Å². The molecule has 0 atom stereocenters. The molecular weight excluding hydrogens is 372 g/mol. The Morgan fingerprint density at radius 3 is 2.38 bits per heavy atom. The molecule has 0 unspecified atom stereocenters. The van der Waals surface area contributed by atoms with Gasteiger partial charge in [0.25, 0.3) is 0 Å². The van der Waals surface area contributed by atoms with Gasteiger partial charge in [-0.15, -0.1) is 0 Å². The molecule has 5 nitrogen and oxygen atoms in total. The van der Waals surface area contributed by atoms with Crippen molar-refractivity contribution < 1.29 is 13.2 Å². The molecule has 0 heterocycles. The number of likely N-dealkylation sites (N-methyl/N-ethyl adjacent to an activating group) is 1. The molecule has 0 fully saturated rings. The van der Waals surface area contributed by atoms with Gasteiger partial charge in [0.05, 0.1) is 12.8 Å². The van der Waals surface area contributed by atoms with Crippen molar-refractivity contribution in [1.29, 1.82) is 0 Å². The first-order chi connectivity index (χ1) is 12.2. The van der Waals surface area contributed by atoms with E-state index in [2.05, 4.69) is 0 Å². The normalized spacial score (nSPS) is 11.6. The van der Waals surface area contributed by atoms with Crippen LogP contribution < -0.4 is 4.90 Å². The number of carbonyl (C=O) groups excluding carboxylic acids is 1. The van der Waals surface area contributed by atoms with E-state index in [1.807, 2.05) is 38.1 Å². The second-order valence-corrected chi connectivity index (χ2v) is 8.49. The summed E-state index contributed by atoms with van der Waals surface area (Å²) in [6, 6.07) is 14.6. The van der Waals surface area contributed by atoms with E-state index in [1.165, 1.54) is 0 Å². The van der Waals surface area contributed by atoms with Gasteiger partial charge < -0.3 is 4.90 Å². The van der Waals surface area contributed by atoms with Gasteiger partial charge in [-0.2, -0.15) is 4.31 Å². The standard InChI is InChI=1S/C19H23ClN2O3S/c1-4-22(17-10-7-8-15(2)12-17)19(23)14-21(26(3,24)25)13-16-9-5-6-11-18(16)20/h5-12H,4,13-14H2,1-3H3. The van der Waals surface area contributed by atoms with Gasteiger partial charge in [-0.25, -0.2) is 8.42 Å². The molecule has 0 aliphatic carbocycles. The number of aryl methyl sites for hydroxylation is 1. The summed E-state index contributed by atoms with van der Waals surface area (Å²) in [7, 11) is -3.58. The molecule has 0 aliphatic rings. The number of rotatable bonds is 7.